The number of phosphoric ester groups is 2. The van der Waals surface area contributed by atoms with E-state index in [9.17, 15) is 63.3 Å². The zero-order valence-corrected chi connectivity index (χ0v) is 45.0. The number of imidazole rings is 1. The zero-order valence-electron chi connectivity index (χ0n) is 42.4. The Balaban J connectivity index is 0.716. The number of nitrogens with one attached hydrogen (secondary N) is 6. The Morgan fingerprint density at radius 2 is 1.46 bits per heavy atom. The first-order chi connectivity index (χ1) is 37.3. The number of hydrogen-bond acceptors (Lipinski definition) is 22. The standard InChI is InChI=1S/C45H68N12O18P2S/c46-40(65)26-10-9-19-56(20-26)43-38(63)36(61)28(73-43)21-71-76(67,68)75-77(69,70)72-22-29-37(62)39(64)44(74-29)57-25-53-35-41(51-24-52-42(35)57)50-18-17-49-33(60)13-4-2-8-15-47-31(58)12-3-1-7-16-48-32(59)14-6-5-11-30-34-27(23-78-30)54-45(66)55-34/h9-10,19-20,24-25,27-30,34,36-39,43-44,61-64H,1-8,11-18,21-23H2,(H9-,46,47,48,49,50,51,52,54,55,58,59,60,65,66,67,68,69,70)/t27-,28+,29+,30-,34-,36+,37+,38+,39+,43+,44+/m0/s1. The molecule has 0 bridgehead atoms. The normalized spacial score (nSPS) is 27.1. The first-order valence-electron chi connectivity index (χ1n) is 25.7. The summed E-state index contributed by atoms with van der Waals surface area (Å²) in [5.41, 5.74) is 5.71. The molecule has 0 spiro atoms. The van der Waals surface area contributed by atoms with Crippen LogP contribution in [0.3, 0.4) is 0 Å². The maximum Gasteiger partial charge on any atom is 0.478 e. The van der Waals surface area contributed by atoms with Crippen molar-refractivity contribution in [2.75, 3.05) is 50.5 Å². The molecular weight excluding hydrogens is 1090 g/mol. The van der Waals surface area contributed by atoms with Crippen molar-refractivity contribution in [3.05, 3.63) is 42.7 Å². The Kier molecular flexibility index (Phi) is 22.1. The van der Waals surface area contributed by atoms with Gasteiger partial charge >= 0.3 is 13.9 Å². The molecule has 0 saturated carbocycles. The summed E-state index contributed by atoms with van der Waals surface area (Å²) in [5, 5.41) is 60.7. The van der Waals surface area contributed by atoms with Crippen LogP contribution in [-0.4, -0.2) is 174 Å². The Bertz CT molecular complexity index is 2650. The van der Waals surface area contributed by atoms with E-state index in [0.29, 0.717) is 37.6 Å². The van der Waals surface area contributed by atoms with Crippen molar-refractivity contribution in [1.82, 2.24) is 46.1 Å². The maximum absolute atomic E-state index is 12.7. The summed E-state index contributed by atoms with van der Waals surface area (Å²) < 4.78 is 52.6. The van der Waals surface area contributed by atoms with E-state index in [1.807, 2.05) is 11.8 Å². The number of aliphatic hydroxyl groups excluding tert-OH is 4. The van der Waals surface area contributed by atoms with E-state index >= 15 is 0 Å². The molecule has 4 aliphatic heterocycles. The van der Waals surface area contributed by atoms with Crippen LogP contribution in [0.2, 0.25) is 0 Å². The lowest BCUT2D eigenvalue weighted by Crippen LogP contribution is -2.46. The minimum atomic E-state index is -5.69. The van der Waals surface area contributed by atoms with E-state index in [2.05, 4.69) is 55.7 Å². The third kappa shape index (κ3) is 17.0. The topological polar surface area (TPSA) is 436 Å². The van der Waals surface area contributed by atoms with Crippen molar-refractivity contribution in [2.45, 2.75) is 143 Å². The first-order valence-corrected chi connectivity index (χ1v) is 29.7. The van der Waals surface area contributed by atoms with Crippen LogP contribution in [0, 0.1) is 0 Å². The molecule has 7 rings (SSSR count). The summed E-state index contributed by atoms with van der Waals surface area (Å²) in [4.78, 5) is 95.6. The molecule has 0 aliphatic carbocycles. The smallest absolute Gasteiger partial charge is 0.478 e. The Morgan fingerprint density at radius 1 is 0.821 bits per heavy atom. The molecule has 7 heterocycles. The summed E-state index contributed by atoms with van der Waals surface area (Å²) in [6.07, 6.45) is 0.902. The van der Waals surface area contributed by atoms with Gasteiger partial charge in [0.15, 0.2) is 41.7 Å². The number of carbonyl (C=O) groups excluding carboxylic acids is 5. The molecule has 0 aromatic carbocycles. The fourth-order valence-electron chi connectivity index (χ4n) is 9.23. The molecule has 4 saturated heterocycles. The lowest BCUT2D eigenvalue weighted by molar-refractivity contribution is -0.765. The average Bonchev–Trinajstić information content (AvgIpc) is 4.35. The molecule has 0 radical (unpaired) electrons. The van der Waals surface area contributed by atoms with Gasteiger partial charge in [0.2, 0.25) is 17.7 Å². The number of fused-ring (bicyclic) bond motifs is 2. The fraction of sp³-hybridized carbons (Fsp3) is 0.667. The molecule has 4 aliphatic rings. The average molecular weight is 1160 g/mol. The summed E-state index contributed by atoms with van der Waals surface area (Å²) in [6.45, 7) is -0.402. The summed E-state index contributed by atoms with van der Waals surface area (Å²) in [7, 11) is -11.2. The number of pyridine rings is 1. The van der Waals surface area contributed by atoms with E-state index < -0.39 is 83.8 Å². The van der Waals surface area contributed by atoms with Gasteiger partial charge in [0.05, 0.1) is 31.6 Å². The van der Waals surface area contributed by atoms with Crippen LogP contribution in [0.4, 0.5) is 10.6 Å². The number of thioether (sulfide) groups is 1. The molecule has 30 nitrogen and oxygen atoms in total. The van der Waals surface area contributed by atoms with Gasteiger partial charge in [-0.25, -0.2) is 28.6 Å². The van der Waals surface area contributed by atoms with Crippen molar-refractivity contribution < 1.29 is 90.7 Å². The predicted octanol–water partition coefficient (Wildman–Crippen LogP) is -1.62. The minimum Gasteiger partial charge on any atom is -0.756 e. The van der Waals surface area contributed by atoms with Crippen molar-refractivity contribution in [3.63, 3.8) is 0 Å². The molecule has 4 fully saturated rings. The molecule has 2 unspecified atom stereocenters. The van der Waals surface area contributed by atoms with Gasteiger partial charge in [-0.3, -0.25) is 32.8 Å². The number of amides is 6. The summed E-state index contributed by atoms with van der Waals surface area (Å²) in [6, 6.07) is 3.10. The lowest BCUT2D eigenvalue weighted by Gasteiger charge is -2.26. The van der Waals surface area contributed by atoms with Gasteiger partial charge in [-0.15, -0.1) is 0 Å². The van der Waals surface area contributed by atoms with Crippen LogP contribution in [-0.2, 0) is 46.3 Å². The second-order valence-corrected chi connectivity index (χ2v) is 23.4. The number of primary amides is 1. The van der Waals surface area contributed by atoms with Crippen LogP contribution in [0.25, 0.3) is 11.2 Å². The third-order valence-electron chi connectivity index (χ3n) is 13.3. The van der Waals surface area contributed by atoms with E-state index in [-0.39, 0.29) is 77.9 Å². The molecule has 13 atom stereocenters. The number of urea groups is 1. The highest BCUT2D eigenvalue weighted by Crippen LogP contribution is 2.58. The highest BCUT2D eigenvalue weighted by Gasteiger charge is 2.50. The van der Waals surface area contributed by atoms with Gasteiger partial charge in [0.25, 0.3) is 20.0 Å². The van der Waals surface area contributed by atoms with Gasteiger partial charge in [0, 0.05) is 62.5 Å². The Labute approximate surface area is 451 Å². The quantitative estimate of drug-likeness (QED) is 0.0145. The monoisotopic (exact) mass is 1160 g/mol. The van der Waals surface area contributed by atoms with Crippen molar-refractivity contribution >= 4 is 74.0 Å². The van der Waals surface area contributed by atoms with Crippen molar-refractivity contribution in [2.24, 2.45) is 5.73 Å². The number of aromatic nitrogens is 5. The molecule has 432 valence electrons. The number of unbranched alkanes of at least 4 members (excludes halogenated alkanes) is 5. The highest BCUT2D eigenvalue weighted by molar-refractivity contribution is 8.00. The molecular formula is C45H68N12O18P2S. The zero-order chi connectivity index (χ0) is 56.0. The highest BCUT2D eigenvalue weighted by atomic mass is 32.2. The van der Waals surface area contributed by atoms with Crippen LogP contribution in [0.5, 0.6) is 0 Å². The van der Waals surface area contributed by atoms with Gasteiger partial charge in [0.1, 0.15) is 42.4 Å². The van der Waals surface area contributed by atoms with E-state index in [1.165, 1.54) is 46.3 Å². The first kappa shape index (κ1) is 60.7. The maximum atomic E-state index is 12.7. The van der Waals surface area contributed by atoms with Gasteiger partial charge in [-0.05, 0) is 44.6 Å². The number of ether oxygens (including phenoxy) is 2. The van der Waals surface area contributed by atoms with E-state index in [4.69, 9.17) is 19.7 Å². The van der Waals surface area contributed by atoms with Gasteiger partial charge in [-0.2, -0.15) is 16.3 Å². The second kappa shape index (κ2) is 28.4. The summed E-state index contributed by atoms with van der Waals surface area (Å²) in [5.74, 6) is 0.243. The minimum absolute atomic E-state index is 0.0327. The molecule has 6 amide bonds. The molecule has 33 heteroatoms. The number of carbonyl (C=O) groups is 5. The largest absolute Gasteiger partial charge is 0.756 e. The molecule has 13 N–H and O–H groups in total. The number of phosphoric acid groups is 2. The van der Waals surface area contributed by atoms with Crippen molar-refractivity contribution in [3.8, 4) is 0 Å². The second-order valence-electron chi connectivity index (χ2n) is 19.1. The fourth-order valence-corrected chi connectivity index (χ4v) is 12.8. The number of rotatable bonds is 32. The van der Waals surface area contributed by atoms with Crippen molar-refractivity contribution in [1.29, 1.82) is 0 Å². The van der Waals surface area contributed by atoms with Crippen LogP contribution in [0.1, 0.15) is 99.9 Å². The van der Waals surface area contributed by atoms with E-state index in [1.54, 1.807) is 0 Å². The summed E-state index contributed by atoms with van der Waals surface area (Å²) >= 11 is 1.87. The van der Waals surface area contributed by atoms with Gasteiger partial charge in [-0.1, -0.05) is 19.3 Å². The Morgan fingerprint density at radius 3 is 2.15 bits per heavy atom. The van der Waals surface area contributed by atoms with Crippen LogP contribution >= 0.6 is 27.4 Å². The van der Waals surface area contributed by atoms with Gasteiger partial charge < -0.3 is 81.8 Å². The number of nitrogens with zero attached hydrogens (tertiary/aromatic N) is 5. The number of hydrogen-bond donors (Lipinski definition) is 12. The van der Waals surface area contributed by atoms with Crippen LogP contribution in [0.15, 0.2) is 37.2 Å². The third-order valence-corrected chi connectivity index (χ3v) is 17.4. The van der Waals surface area contributed by atoms with Crippen LogP contribution < -0.4 is 47.1 Å². The predicted molar refractivity (Wildman–Crippen MR) is 271 cm³/mol. The molecule has 3 aromatic heterocycles. The molecule has 78 heavy (non-hydrogen) atoms. The lowest BCUT2D eigenvalue weighted by atomic mass is 10.0. The Hall–Kier alpha value is -4.98. The molecule has 3 aromatic rings. The number of anilines is 1. The number of nitrogens with two attached hydrogens (primary N) is 1. The van der Waals surface area contributed by atoms with E-state index in [0.717, 1.165) is 57.1 Å². The SMILES string of the molecule is NC(=O)c1ccc[n+]([C@@H]2O[C@H](COP(=O)([O-])OP(=O)(O)OC[C@H]3O[C@@H](n4cnc5c(NCCNC(=O)CCCCCNC(=O)CCCCCNC(=O)CCCC[C@@H]6SC[C@@H]7NC(=O)N[C@@H]76)ncnc54)[C@H](O)[C@@H]3O)[C@@H](O)[C@H]2O)c1. The number of aliphatic hydroxyl groups is 4.